The van der Waals surface area contributed by atoms with Gasteiger partial charge in [-0.15, -0.1) is 0 Å². The number of rotatable bonds is 5. The quantitative estimate of drug-likeness (QED) is 0.792. The molecule has 2 aliphatic heterocycles. The van der Waals surface area contributed by atoms with Gasteiger partial charge in [0.1, 0.15) is 6.10 Å². The summed E-state index contributed by atoms with van der Waals surface area (Å²) in [5.41, 5.74) is 11.9. The molecular weight excluding hydrogens is 336 g/mol. The summed E-state index contributed by atoms with van der Waals surface area (Å²) < 4.78 is 5.81. The molecule has 1 fully saturated rings. The smallest absolute Gasteiger partial charge is 0.302 e. The zero-order chi connectivity index (χ0) is 19.8. The molecule has 0 radical (unpaired) electrons. The van der Waals surface area contributed by atoms with Gasteiger partial charge in [0.05, 0.1) is 0 Å². The molecule has 27 heavy (non-hydrogen) atoms. The number of piperidine rings is 1. The fraction of sp³-hybridized carbons (Fsp3) is 0.696. The van der Waals surface area contributed by atoms with Crippen molar-refractivity contribution < 1.29 is 9.53 Å². The standard InChI is InChI=1S/C23H36N2O2/c1-6-23(5,24)9-7-19-14-25-10-8-18-11-15(2)16(3)12-20(18)21(25)13-22(19)27-17(4)26/h11-12,19,21-22H,6-10,13-14,24H2,1-5H3/t19-,21-,22-,23?/m0/s1. The lowest BCUT2D eigenvalue weighted by Crippen LogP contribution is -2.50. The van der Waals surface area contributed by atoms with E-state index in [9.17, 15) is 4.79 Å². The number of hydrogen-bond acceptors (Lipinski definition) is 4. The summed E-state index contributed by atoms with van der Waals surface area (Å²) in [5.74, 6) is 0.202. The number of fused-ring (bicyclic) bond motifs is 3. The summed E-state index contributed by atoms with van der Waals surface area (Å²) in [7, 11) is 0. The molecule has 1 unspecified atom stereocenters. The normalized spacial score (nSPS) is 27.4. The zero-order valence-electron chi connectivity index (χ0n) is 17.7. The molecule has 0 spiro atoms. The molecule has 0 aliphatic carbocycles. The second kappa shape index (κ2) is 7.92. The van der Waals surface area contributed by atoms with E-state index < -0.39 is 0 Å². The van der Waals surface area contributed by atoms with Gasteiger partial charge in [0.2, 0.25) is 0 Å². The lowest BCUT2D eigenvalue weighted by molar-refractivity contribution is -0.154. The van der Waals surface area contributed by atoms with Gasteiger partial charge in [-0.1, -0.05) is 19.1 Å². The third-order valence-electron chi connectivity index (χ3n) is 6.89. The van der Waals surface area contributed by atoms with Gasteiger partial charge in [0, 0.05) is 43.9 Å². The molecule has 4 atom stereocenters. The van der Waals surface area contributed by atoms with Crippen molar-refractivity contribution in [2.75, 3.05) is 13.1 Å². The van der Waals surface area contributed by atoms with Crippen molar-refractivity contribution in [3.63, 3.8) is 0 Å². The van der Waals surface area contributed by atoms with Crippen LogP contribution in [0.2, 0.25) is 0 Å². The summed E-state index contributed by atoms with van der Waals surface area (Å²) in [6.07, 6.45) is 4.95. The van der Waals surface area contributed by atoms with Crippen LogP contribution in [-0.4, -0.2) is 35.6 Å². The number of ether oxygens (including phenoxy) is 1. The van der Waals surface area contributed by atoms with E-state index in [1.54, 1.807) is 0 Å². The van der Waals surface area contributed by atoms with Gasteiger partial charge in [-0.05, 0) is 68.7 Å². The van der Waals surface area contributed by atoms with Crippen LogP contribution in [-0.2, 0) is 16.0 Å². The first-order valence-electron chi connectivity index (χ1n) is 10.5. The van der Waals surface area contributed by atoms with Crippen molar-refractivity contribution >= 4 is 5.97 Å². The van der Waals surface area contributed by atoms with E-state index >= 15 is 0 Å². The number of esters is 1. The number of carbonyl (C=O) groups is 1. The third-order valence-corrected chi connectivity index (χ3v) is 6.89. The molecule has 1 aromatic carbocycles. The Labute approximate surface area is 164 Å². The van der Waals surface area contributed by atoms with Crippen LogP contribution in [0.4, 0.5) is 0 Å². The zero-order valence-corrected chi connectivity index (χ0v) is 17.7. The van der Waals surface area contributed by atoms with E-state index in [1.807, 2.05) is 0 Å². The first kappa shape index (κ1) is 20.3. The maximum atomic E-state index is 11.8. The van der Waals surface area contributed by atoms with E-state index in [0.29, 0.717) is 12.0 Å². The Hall–Kier alpha value is -1.39. The van der Waals surface area contributed by atoms with Crippen LogP contribution in [0, 0.1) is 19.8 Å². The molecular formula is C23H36N2O2. The molecule has 2 heterocycles. The average Bonchev–Trinajstić information content (AvgIpc) is 2.61. The Morgan fingerprint density at radius 2 is 2.04 bits per heavy atom. The lowest BCUT2D eigenvalue weighted by atomic mass is 9.78. The van der Waals surface area contributed by atoms with Crippen LogP contribution >= 0.6 is 0 Å². The van der Waals surface area contributed by atoms with Gasteiger partial charge in [-0.3, -0.25) is 9.69 Å². The van der Waals surface area contributed by atoms with Crippen LogP contribution in [0.15, 0.2) is 12.1 Å². The summed E-state index contributed by atoms with van der Waals surface area (Å²) in [5, 5.41) is 0. The Morgan fingerprint density at radius 1 is 1.33 bits per heavy atom. The first-order chi connectivity index (χ1) is 12.7. The maximum Gasteiger partial charge on any atom is 0.302 e. The Bertz CT molecular complexity index is 698. The summed E-state index contributed by atoms with van der Waals surface area (Å²) in [6, 6.07) is 5.08. The van der Waals surface area contributed by atoms with Gasteiger partial charge in [0.15, 0.2) is 0 Å². The van der Waals surface area contributed by atoms with Gasteiger partial charge in [-0.25, -0.2) is 0 Å². The molecule has 0 bridgehead atoms. The first-order valence-corrected chi connectivity index (χ1v) is 10.5. The maximum absolute atomic E-state index is 11.8. The van der Waals surface area contributed by atoms with E-state index in [-0.39, 0.29) is 17.6 Å². The molecule has 4 nitrogen and oxygen atoms in total. The van der Waals surface area contributed by atoms with Crippen LogP contribution in [0.3, 0.4) is 0 Å². The van der Waals surface area contributed by atoms with Crippen molar-refractivity contribution in [1.29, 1.82) is 0 Å². The molecule has 1 saturated heterocycles. The summed E-state index contributed by atoms with van der Waals surface area (Å²) in [4.78, 5) is 14.4. The highest BCUT2D eigenvalue weighted by Crippen LogP contribution is 2.41. The lowest BCUT2D eigenvalue weighted by Gasteiger charge is -2.47. The van der Waals surface area contributed by atoms with Crippen molar-refractivity contribution in [2.45, 2.75) is 84.4 Å². The molecule has 2 N–H and O–H groups in total. The molecule has 3 rings (SSSR count). The van der Waals surface area contributed by atoms with E-state index in [1.165, 1.54) is 29.2 Å². The minimum absolute atomic E-state index is 0.0102. The van der Waals surface area contributed by atoms with Gasteiger partial charge in [-0.2, -0.15) is 0 Å². The predicted molar refractivity (Wildman–Crippen MR) is 110 cm³/mol. The predicted octanol–water partition coefficient (Wildman–Crippen LogP) is 4.06. The van der Waals surface area contributed by atoms with Crippen LogP contribution < -0.4 is 5.73 Å². The SMILES string of the molecule is CCC(C)(N)CC[C@H]1CN2CCc3cc(C)c(C)cc3[C@@H]2C[C@@H]1OC(C)=O. The summed E-state index contributed by atoms with van der Waals surface area (Å²) in [6.45, 7) is 12.3. The monoisotopic (exact) mass is 372 g/mol. The number of nitrogens with two attached hydrogens (primary N) is 1. The Morgan fingerprint density at radius 3 is 2.70 bits per heavy atom. The Kier molecular flexibility index (Phi) is 5.97. The molecule has 2 aliphatic rings. The number of aryl methyl sites for hydroxylation is 2. The third kappa shape index (κ3) is 4.55. The van der Waals surface area contributed by atoms with Crippen molar-refractivity contribution in [3.8, 4) is 0 Å². The summed E-state index contributed by atoms with van der Waals surface area (Å²) >= 11 is 0. The van der Waals surface area contributed by atoms with Crippen LogP contribution in [0.1, 0.15) is 74.8 Å². The van der Waals surface area contributed by atoms with Crippen molar-refractivity contribution in [2.24, 2.45) is 11.7 Å². The molecule has 0 aromatic heterocycles. The molecule has 1 aromatic rings. The van der Waals surface area contributed by atoms with E-state index in [4.69, 9.17) is 10.5 Å². The van der Waals surface area contributed by atoms with Crippen LogP contribution in [0.5, 0.6) is 0 Å². The van der Waals surface area contributed by atoms with Gasteiger partial charge >= 0.3 is 5.97 Å². The average molecular weight is 373 g/mol. The Balaban J connectivity index is 1.81. The van der Waals surface area contributed by atoms with E-state index in [2.05, 4.69) is 44.7 Å². The highest BCUT2D eigenvalue weighted by atomic mass is 16.5. The fourth-order valence-electron chi connectivity index (χ4n) is 4.69. The second-order valence-electron chi connectivity index (χ2n) is 9.09. The number of carbonyl (C=O) groups excluding carboxylic acids is 1. The number of nitrogens with zero attached hydrogens (tertiary/aromatic N) is 1. The molecule has 0 amide bonds. The highest BCUT2D eigenvalue weighted by Gasteiger charge is 2.40. The number of benzene rings is 1. The topological polar surface area (TPSA) is 55.6 Å². The molecule has 0 saturated carbocycles. The minimum Gasteiger partial charge on any atom is -0.462 e. The second-order valence-corrected chi connectivity index (χ2v) is 9.09. The van der Waals surface area contributed by atoms with Crippen molar-refractivity contribution in [3.05, 3.63) is 34.4 Å². The molecule has 4 heteroatoms. The highest BCUT2D eigenvalue weighted by molar-refractivity contribution is 5.66. The van der Waals surface area contributed by atoms with Gasteiger partial charge < -0.3 is 10.5 Å². The largest absolute Gasteiger partial charge is 0.462 e. The number of hydrogen-bond donors (Lipinski definition) is 1. The van der Waals surface area contributed by atoms with Gasteiger partial charge in [0.25, 0.3) is 0 Å². The fourth-order valence-corrected chi connectivity index (χ4v) is 4.69. The molecule has 150 valence electrons. The van der Waals surface area contributed by atoms with Crippen LogP contribution in [0.25, 0.3) is 0 Å². The van der Waals surface area contributed by atoms with E-state index in [0.717, 1.165) is 45.2 Å². The van der Waals surface area contributed by atoms with Crippen molar-refractivity contribution in [1.82, 2.24) is 4.90 Å². The minimum atomic E-state index is -0.166.